The van der Waals surface area contributed by atoms with E-state index in [-0.39, 0.29) is 24.4 Å². The molecule has 16 heavy (non-hydrogen) atoms. The highest BCUT2D eigenvalue weighted by Crippen LogP contribution is 2.14. The van der Waals surface area contributed by atoms with E-state index in [0.717, 1.165) is 12.8 Å². The number of carbonyl (C=O) groups excluding carboxylic acids is 2. The number of hydrogen-bond donors (Lipinski definition) is 0. The molecule has 0 radical (unpaired) electrons. The Balaban J connectivity index is 2.40. The summed E-state index contributed by atoms with van der Waals surface area (Å²) < 4.78 is 9.87. The fourth-order valence-electron chi connectivity index (χ4n) is 1.73. The Labute approximate surface area is 95.7 Å². The molecule has 0 N–H and O–H groups in total. The average molecular weight is 229 g/mol. The first-order valence-corrected chi connectivity index (χ1v) is 5.66. The minimum Gasteiger partial charge on any atom is -0.469 e. The first-order chi connectivity index (χ1) is 7.69. The Hall–Kier alpha value is -1.10. The molecule has 1 saturated heterocycles. The summed E-state index contributed by atoms with van der Waals surface area (Å²) in [4.78, 5) is 24.6. The minimum atomic E-state index is -0.308. The lowest BCUT2D eigenvalue weighted by molar-refractivity contribution is -0.144. The number of methoxy groups -OCH3 is 1. The monoisotopic (exact) mass is 229 g/mol. The molecule has 1 amide bonds. The lowest BCUT2D eigenvalue weighted by Crippen LogP contribution is -2.40. The summed E-state index contributed by atoms with van der Waals surface area (Å²) in [6.45, 7) is 3.55. The van der Waals surface area contributed by atoms with Crippen molar-refractivity contribution in [3.63, 3.8) is 0 Å². The van der Waals surface area contributed by atoms with E-state index in [1.54, 1.807) is 4.90 Å². The van der Waals surface area contributed by atoms with Gasteiger partial charge in [0.15, 0.2) is 0 Å². The van der Waals surface area contributed by atoms with Crippen molar-refractivity contribution in [1.82, 2.24) is 4.90 Å². The van der Waals surface area contributed by atoms with Gasteiger partial charge in [-0.25, -0.2) is 0 Å². The molecule has 1 rings (SSSR count). The summed E-state index contributed by atoms with van der Waals surface area (Å²) in [5.41, 5.74) is 0. The number of ether oxygens (including phenoxy) is 2. The largest absolute Gasteiger partial charge is 0.469 e. The first kappa shape index (κ1) is 13.0. The van der Waals surface area contributed by atoms with Crippen LogP contribution in [0.25, 0.3) is 0 Å². The smallest absolute Gasteiger partial charge is 0.307 e. The third-order valence-electron chi connectivity index (χ3n) is 2.71. The number of hydrogen-bond acceptors (Lipinski definition) is 4. The topological polar surface area (TPSA) is 55.8 Å². The lowest BCUT2D eigenvalue weighted by atomic mass is 10.2. The van der Waals surface area contributed by atoms with E-state index >= 15 is 0 Å². The Bertz CT molecular complexity index is 248. The summed E-state index contributed by atoms with van der Waals surface area (Å²) in [5, 5.41) is 0. The zero-order chi connectivity index (χ0) is 12.0. The Morgan fingerprint density at radius 2 is 2.25 bits per heavy atom. The maximum Gasteiger partial charge on any atom is 0.307 e. The minimum absolute atomic E-state index is 0.0103. The molecule has 1 fully saturated rings. The van der Waals surface area contributed by atoms with Crippen LogP contribution in [0.2, 0.25) is 0 Å². The van der Waals surface area contributed by atoms with Crippen molar-refractivity contribution in [2.24, 2.45) is 0 Å². The molecule has 0 bridgehead atoms. The number of rotatable bonds is 5. The van der Waals surface area contributed by atoms with Crippen LogP contribution < -0.4 is 0 Å². The van der Waals surface area contributed by atoms with E-state index < -0.39 is 0 Å². The van der Waals surface area contributed by atoms with Gasteiger partial charge in [-0.2, -0.15) is 0 Å². The van der Waals surface area contributed by atoms with Gasteiger partial charge in [-0.05, 0) is 19.8 Å². The van der Waals surface area contributed by atoms with E-state index in [9.17, 15) is 9.59 Å². The van der Waals surface area contributed by atoms with E-state index in [1.165, 1.54) is 7.11 Å². The van der Waals surface area contributed by atoms with Crippen molar-refractivity contribution in [1.29, 1.82) is 0 Å². The molecule has 5 nitrogen and oxygen atoms in total. The number of carbonyl (C=O) groups is 2. The Morgan fingerprint density at radius 3 is 2.75 bits per heavy atom. The normalized spacial score (nSPS) is 19.5. The maximum absolute atomic E-state index is 11.9. The van der Waals surface area contributed by atoms with Crippen molar-refractivity contribution in [3.8, 4) is 0 Å². The molecule has 0 aromatic carbocycles. The second kappa shape index (κ2) is 6.48. The van der Waals surface area contributed by atoms with Crippen LogP contribution in [0, 0.1) is 0 Å². The molecule has 1 heterocycles. The molecular formula is C11H19NO4. The van der Waals surface area contributed by atoms with E-state index in [0.29, 0.717) is 19.7 Å². The van der Waals surface area contributed by atoms with Crippen molar-refractivity contribution in [2.75, 3.05) is 26.8 Å². The van der Waals surface area contributed by atoms with E-state index in [2.05, 4.69) is 4.74 Å². The lowest BCUT2D eigenvalue weighted by Gasteiger charge is -2.23. The molecule has 0 spiro atoms. The van der Waals surface area contributed by atoms with Gasteiger partial charge in [-0.15, -0.1) is 0 Å². The van der Waals surface area contributed by atoms with E-state index in [4.69, 9.17) is 4.74 Å². The summed E-state index contributed by atoms with van der Waals surface area (Å²) >= 11 is 0. The molecule has 1 aliphatic rings. The summed E-state index contributed by atoms with van der Waals surface area (Å²) in [6.07, 6.45) is 1.65. The fourth-order valence-corrected chi connectivity index (χ4v) is 1.73. The van der Waals surface area contributed by atoms with Gasteiger partial charge in [-0.3, -0.25) is 9.59 Å². The molecule has 1 atom stereocenters. The number of nitrogens with zero attached hydrogens (tertiary/aromatic N) is 1. The Kier molecular flexibility index (Phi) is 5.25. The van der Waals surface area contributed by atoms with Crippen molar-refractivity contribution in [2.45, 2.75) is 32.3 Å². The Morgan fingerprint density at radius 1 is 1.50 bits per heavy atom. The first-order valence-electron chi connectivity index (χ1n) is 5.66. The van der Waals surface area contributed by atoms with Crippen LogP contribution in [0.5, 0.6) is 0 Å². The zero-order valence-electron chi connectivity index (χ0n) is 9.90. The second-order valence-electron chi connectivity index (χ2n) is 3.75. The number of amides is 1. The number of esters is 1. The van der Waals surface area contributed by atoms with Crippen molar-refractivity contribution < 1.29 is 19.1 Å². The van der Waals surface area contributed by atoms with Gasteiger partial charge in [0.1, 0.15) is 6.10 Å². The van der Waals surface area contributed by atoms with Gasteiger partial charge in [0.05, 0.1) is 13.5 Å². The van der Waals surface area contributed by atoms with Crippen LogP contribution in [-0.4, -0.2) is 49.7 Å². The standard InChI is InChI=1S/C11H19NO4/c1-3-12(7-6-10(13)15-2)11(14)9-5-4-8-16-9/h9H,3-8H2,1-2H3/t9-/m0/s1. The maximum atomic E-state index is 11.9. The van der Waals surface area contributed by atoms with Gasteiger partial charge in [-0.1, -0.05) is 0 Å². The number of likely N-dealkylation sites (N-methyl/N-ethyl adjacent to an activating group) is 1. The molecular weight excluding hydrogens is 210 g/mol. The molecule has 5 heteroatoms. The van der Waals surface area contributed by atoms with Crippen LogP contribution >= 0.6 is 0 Å². The van der Waals surface area contributed by atoms with Gasteiger partial charge in [0, 0.05) is 19.7 Å². The van der Waals surface area contributed by atoms with Gasteiger partial charge < -0.3 is 14.4 Å². The summed E-state index contributed by atoms with van der Waals surface area (Å²) in [6, 6.07) is 0. The molecule has 0 aliphatic carbocycles. The van der Waals surface area contributed by atoms with Crippen molar-refractivity contribution in [3.05, 3.63) is 0 Å². The molecule has 0 unspecified atom stereocenters. The van der Waals surface area contributed by atoms with Crippen molar-refractivity contribution >= 4 is 11.9 Å². The fraction of sp³-hybridized carbons (Fsp3) is 0.818. The molecule has 0 saturated carbocycles. The summed E-state index contributed by atoms with van der Waals surface area (Å²) in [5.74, 6) is -0.303. The molecule has 1 aliphatic heterocycles. The van der Waals surface area contributed by atoms with Crippen LogP contribution in [0.3, 0.4) is 0 Å². The predicted octanol–water partition coefficient (Wildman–Crippen LogP) is 0.577. The zero-order valence-corrected chi connectivity index (χ0v) is 9.90. The third-order valence-corrected chi connectivity index (χ3v) is 2.71. The quantitative estimate of drug-likeness (QED) is 0.647. The highest BCUT2D eigenvalue weighted by molar-refractivity contribution is 5.81. The molecule has 92 valence electrons. The summed E-state index contributed by atoms with van der Waals surface area (Å²) in [7, 11) is 1.35. The van der Waals surface area contributed by atoms with Crippen LogP contribution in [0.15, 0.2) is 0 Å². The van der Waals surface area contributed by atoms with Crippen LogP contribution in [0.4, 0.5) is 0 Å². The van der Waals surface area contributed by atoms with Crippen LogP contribution in [0.1, 0.15) is 26.2 Å². The van der Waals surface area contributed by atoms with Gasteiger partial charge in [0.2, 0.25) is 0 Å². The average Bonchev–Trinajstić information content (AvgIpc) is 2.82. The highest BCUT2D eigenvalue weighted by Gasteiger charge is 2.27. The highest BCUT2D eigenvalue weighted by atomic mass is 16.5. The van der Waals surface area contributed by atoms with Gasteiger partial charge in [0.25, 0.3) is 5.91 Å². The second-order valence-corrected chi connectivity index (χ2v) is 3.75. The third kappa shape index (κ3) is 3.48. The molecule has 0 aromatic heterocycles. The van der Waals surface area contributed by atoms with Gasteiger partial charge >= 0.3 is 5.97 Å². The SMILES string of the molecule is CCN(CCC(=O)OC)C(=O)[C@@H]1CCCO1. The van der Waals surface area contributed by atoms with Crippen LogP contribution in [-0.2, 0) is 19.1 Å². The molecule has 0 aromatic rings. The van der Waals surface area contributed by atoms with E-state index in [1.807, 2.05) is 6.92 Å². The predicted molar refractivity (Wildman–Crippen MR) is 57.9 cm³/mol.